The van der Waals surface area contributed by atoms with Crippen molar-refractivity contribution in [3.05, 3.63) is 23.8 Å². The van der Waals surface area contributed by atoms with Gasteiger partial charge in [-0.3, -0.25) is 4.79 Å². The molecular formula is C14H20O4. The molecule has 4 nitrogen and oxygen atoms in total. The Morgan fingerprint density at radius 2 is 1.78 bits per heavy atom. The number of carbonyl (C=O) groups is 1. The van der Waals surface area contributed by atoms with Gasteiger partial charge in [0, 0.05) is 0 Å². The Labute approximate surface area is 108 Å². The van der Waals surface area contributed by atoms with E-state index in [-0.39, 0.29) is 11.9 Å². The summed E-state index contributed by atoms with van der Waals surface area (Å²) in [5.74, 6) is 0.777. The van der Waals surface area contributed by atoms with Crippen LogP contribution < -0.4 is 9.47 Å². The highest BCUT2D eigenvalue weighted by atomic mass is 16.5. The molecule has 0 amide bonds. The van der Waals surface area contributed by atoms with Crippen molar-refractivity contribution in [3.63, 3.8) is 0 Å². The first-order valence-electron chi connectivity index (χ1n) is 6.11. The van der Waals surface area contributed by atoms with Crippen molar-refractivity contribution in [2.24, 2.45) is 0 Å². The predicted molar refractivity (Wildman–Crippen MR) is 69.2 cm³/mol. The molecule has 1 rings (SSSR count). The van der Waals surface area contributed by atoms with E-state index < -0.39 is 0 Å². The molecule has 0 aliphatic rings. The maximum Gasteiger partial charge on any atom is 0.312 e. The van der Waals surface area contributed by atoms with Crippen molar-refractivity contribution in [2.45, 2.75) is 26.7 Å². The number of benzene rings is 1. The summed E-state index contributed by atoms with van der Waals surface area (Å²) in [4.78, 5) is 11.5. The molecule has 0 bridgehead atoms. The topological polar surface area (TPSA) is 44.8 Å². The summed E-state index contributed by atoms with van der Waals surface area (Å²) in [5, 5.41) is 0. The summed E-state index contributed by atoms with van der Waals surface area (Å²) in [6, 6.07) is 5.51. The monoisotopic (exact) mass is 252 g/mol. The zero-order valence-electron chi connectivity index (χ0n) is 11.4. The van der Waals surface area contributed by atoms with E-state index in [0.29, 0.717) is 24.7 Å². The molecule has 0 N–H and O–H groups in total. The quantitative estimate of drug-likeness (QED) is 0.730. The zero-order valence-corrected chi connectivity index (χ0v) is 11.4. The molecule has 1 aromatic rings. The third-order valence-corrected chi connectivity index (χ3v) is 2.62. The second-order valence-corrected chi connectivity index (χ2v) is 3.82. The van der Waals surface area contributed by atoms with Crippen molar-refractivity contribution < 1.29 is 19.0 Å². The van der Waals surface area contributed by atoms with Crippen LogP contribution in [0.3, 0.4) is 0 Å². The Kier molecular flexibility index (Phi) is 5.49. The van der Waals surface area contributed by atoms with Crippen molar-refractivity contribution in [3.8, 4) is 11.5 Å². The Hall–Kier alpha value is -1.71. The van der Waals surface area contributed by atoms with Crippen molar-refractivity contribution in [1.82, 2.24) is 0 Å². The maximum absolute atomic E-state index is 11.5. The van der Waals surface area contributed by atoms with Crippen LogP contribution in [0, 0.1) is 0 Å². The number of hydrogen-bond donors (Lipinski definition) is 0. The minimum Gasteiger partial charge on any atom is -0.490 e. The number of esters is 1. The summed E-state index contributed by atoms with van der Waals surface area (Å²) >= 11 is 0. The van der Waals surface area contributed by atoms with E-state index in [1.54, 1.807) is 6.92 Å². The molecule has 4 heteroatoms. The molecule has 0 aliphatic carbocycles. The molecule has 0 fully saturated rings. The second-order valence-electron chi connectivity index (χ2n) is 3.82. The number of methoxy groups -OCH3 is 1. The van der Waals surface area contributed by atoms with E-state index >= 15 is 0 Å². The predicted octanol–water partition coefficient (Wildman–Crippen LogP) is 2.76. The lowest BCUT2D eigenvalue weighted by Crippen LogP contribution is -2.11. The van der Waals surface area contributed by atoms with E-state index in [4.69, 9.17) is 14.2 Å². The Morgan fingerprint density at radius 3 is 2.33 bits per heavy atom. The summed E-state index contributed by atoms with van der Waals surface area (Å²) in [6.07, 6.45) is 0. The van der Waals surface area contributed by atoms with Gasteiger partial charge in [-0.25, -0.2) is 0 Å². The molecular weight excluding hydrogens is 232 g/mol. The smallest absolute Gasteiger partial charge is 0.312 e. The number of ether oxygens (including phenoxy) is 3. The Morgan fingerprint density at radius 1 is 1.17 bits per heavy atom. The van der Waals surface area contributed by atoms with Crippen LogP contribution in [0.15, 0.2) is 18.2 Å². The average molecular weight is 252 g/mol. The highest BCUT2D eigenvalue weighted by molar-refractivity contribution is 5.77. The second kappa shape index (κ2) is 6.89. The number of rotatable bonds is 6. The van der Waals surface area contributed by atoms with E-state index in [2.05, 4.69) is 0 Å². The van der Waals surface area contributed by atoms with Gasteiger partial charge < -0.3 is 14.2 Å². The first-order valence-corrected chi connectivity index (χ1v) is 6.11. The molecule has 0 spiro atoms. The van der Waals surface area contributed by atoms with E-state index in [9.17, 15) is 4.79 Å². The Balaban J connectivity index is 3.01. The molecule has 18 heavy (non-hydrogen) atoms. The zero-order chi connectivity index (χ0) is 13.5. The first kappa shape index (κ1) is 14.4. The van der Waals surface area contributed by atoms with Gasteiger partial charge >= 0.3 is 5.97 Å². The van der Waals surface area contributed by atoms with Gasteiger partial charge in [-0.05, 0) is 38.5 Å². The SMILES string of the molecule is CCOc1ccc(C(C)C(=O)OC)cc1OCC. The standard InChI is InChI=1S/C14H20O4/c1-5-17-12-8-7-11(9-13(12)18-6-2)10(3)14(15)16-4/h7-10H,5-6H2,1-4H3. The minimum absolute atomic E-state index is 0.262. The summed E-state index contributed by atoms with van der Waals surface area (Å²) in [6.45, 7) is 6.76. The molecule has 1 unspecified atom stereocenters. The summed E-state index contributed by atoms with van der Waals surface area (Å²) in [5.41, 5.74) is 0.855. The number of carbonyl (C=O) groups excluding carboxylic acids is 1. The van der Waals surface area contributed by atoms with Crippen LogP contribution in [-0.2, 0) is 9.53 Å². The lowest BCUT2D eigenvalue weighted by atomic mass is 10.0. The molecule has 1 aromatic carbocycles. The maximum atomic E-state index is 11.5. The molecule has 0 aromatic heterocycles. The lowest BCUT2D eigenvalue weighted by Gasteiger charge is -2.14. The van der Waals surface area contributed by atoms with Gasteiger partial charge in [-0.1, -0.05) is 6.07 Å². The first-order chi connectivity index (χ1) is 8.63. The summed E-state index contributed by atoms with van der Waals surface area (Å²) < 4.78 is 15.7. The minimum atomic E-state index is -0.315. The van der Waals surface area contributed by atoms with Gasteiger partial charge in [-0.15, -0.1) is 0 Å². The normalized spacial score (nSPS) is 11.8. The van der Waals surface area contributed by atoms with Crippen LogP contribution >= 0.6 is 0 Å². The highest BCUT2D eigenvalue weighted by Gasteiger charge is 2.17. The van der Waals surface area contributed by atoms with Crippen LogP contribution in [0.4, 0.5) is 0 Å². The van der Waals surface area contributed by atoms with Crippen LogP contribution in [-0.4, -0.2) is 26.3 Å². The molecule has 0 radical (unpaired) electrons. The fourth-order valence-corrected chi connectivity index (χ4v) is 1.65. The third-order valence-electron chi connectivity index (χ3n) is 2.62. The average Bonchev–Trinajstić information content (AvgIpc) is 2.39. The molecule has 0 aliphatic heterocycles. The molecule has 0 saturated heterocycles. The molecule has 0 heterocycles. The van der Waals surface area contributed by atoms with Gasteiger partial charge in [0.15, 0.2) is 11.5 Å². The van der Waals surface area contributed by atoms with E-state index in [1.165, 1.54) is 7.11 Å². The van der Waals surface area contributed by atoms with Gasteiger partial charge in [0.1, 0.15) is 0 Å². The van der Waals surface area contributed by atoms with Gasteiger partial charge in [0.25, 0.3) is 0 Å². The van der Waals surface area contributed by atoms with Crippen LogP contribution in [0.5, 0.6) is 11.5 Å². The van der Waals surface area contributed by atoms with Gasteiger partial charge in [-0.2, -0.15) is 0 Å². The number of hydrogen-bond acceptors (Lipinski definition) is 4. The molecule has 1 atom stereocenters. The van der Waals surface area contributed by atoms with Crippen molar-refractivity contribution >= 4 is 5.97 Å². The van der Waals surface area contributed by atoms with E-state index in [1.807, 2.05) is 32.0 Å². The lowest BCUT2D eigenvalue weighted by molar-refractivity contribution is -0.141. The van der Waals surface area contributed by atoms with Crippen LogP contribution in [0.1, 0.15) is 32.3 Å². The van der Waals surface area contributed by atoms with Crippen LogP contribution in [0.2, 0.25) is 0 Å². The third kappa shape index (κ3) is 3.39. The Bertz CT molecular complexity index is 401. The molecule has 0 saturated carbocycles. The largest absolute Gasteiger partial charge is 0.490 e. The summed E-state index contributed by atoms with van der Waals surface area (Å²) in [7, 11) is 1.39. The fraction of sp³-hybridized carbons (Fsp3) is 0.500. The van der Waals surface area contributed by atoms with Crippen LogP contribution in [0.25, 0.3) is 0 Å². The van der Waals surface area contributed by atoms with Gasteiger partial charge in [0.2, 0.25) is 0 Å². The van der Waals surface area contributed by atoms with Crippen molar-refractivity contribution in [1.29, 1.82) is 0 Å². The molecule has 100 valence electrons. The highest BCUT2D eigenvalue weighted by Crippen LogP contribution is 2.31. The van der Waals surface area contributed by atoms with Gasteiger partial charge in [0.05, 0.1) is 26.2 Å². The van der Waals surface area contributed by atoms with E-state index in [0.717, 1.165) is 5.56 Å². The van der Waals surface area contributed by atoms with Crippen molar-refractivity contribution in [2.75, 3.05) is 20.3 Å². The fourth-order valence-electron chi connectivity index (χ4n) is 1.65.